The lowest BCUT2D eigenvalue weighted by Gasteiger charge is -2.06. The zero-order valence-electron chi connectivity index (χ0n) is 8.00. The van der Waals surface area contributed by atoms with Gasteiger partial charge in [0, 0.05) is 17.5 Å². The third kappa shape index (κ3) is 2.52. The van der Waals surface area contributed by atoms with E-state index in [1.165, 1.54) is 18.2 Å². The van der Waals surface area contributed by atoms with E-state index in [9.17, 15) is 14.0 Å². The fourth-order valence-corrected chi connectivity index (χ4v) is 1.30. The van der Waals surface area contributed by atoms with Crippen LogP contribution in [0.25, 0.3) is 0 Å². The Kier molecular flexibility index (Phi) is 3.38. The largest absolute Gasteiger partial charge is 0.366 e. The normalized spacial score (nSPS) is 9.93. The number of carbonyl (C=O) groups excluding carboxylic acids is 2. The molecule has 0 atom stereocenters. The molecule has 0 spiro atoms. The first kappa shape index (κ1) is 11.2. The molecule has 0 unspecified atom stereocenters. The number of rotatable bonds is 4. The minimum Gasteiger partial charge on any atom is -0.366 e. The van der Waals surface area contributed by atoms with Crippen LogP contribution in [0.4, 0.5) is 4.39 Å². The van der Waals surface area contributed by atoms with Gasteiger partial charge in [-0.15, -0.1) is 0 Å². The molecule has 0 radical (unpaired) electrons. The van der Waals surface area contributed by atoms with Crippen LogP contribution in [-0.2, 0) is 6.42 Å². The maximum absolute atomic E-state index is 12.2. The van der Waals surface area contributed by atoms with Gasteiger partial charge in [0.1, 0.15) is 0 Å². The van der Waals surface area contributed by atoms with Crippen molar-refractivity contribution >= 4 is 11.8 Å². The zero-order chi connectivity index (χ0) is 11.4. The molecule has 1 aromatic rings. The number of benzene rings is 1. The Hall–Kier alpha value is -1.91. The smallest absolute Gasteiger partial charge is 0.248 e. The molecule has 1 aromatic carbocycles. The van der Waals surface area contributed by atoms with Crippen LogP contribution in [0, 0.1) is 0 Å². The van der Waals surface area contributed by atoms with Gasteiger partial charge < -0.3 is 11.5 Å². The lowest BCUT2D eigenvalue weighted by molar-refractivity contribution is 0.0987. The van der Waals surface area contributed by atoms with Gasteiger partial charge in [0.05, 0.1) is 6.67 Å². The Morgan fingerprint density at radius 3 is 2.33 bits per heavy atom. The van der Waals surface area contributed by atoms with E-state index in [4.69, 9.17) is 11.5 Å². The first-order chi connectivity index (χ1) is 7.06. The summed E-state index contributed by atoms with van der Waals surface area (Å²) in [5.41, 5.74) is 11.0. The van der Waals surface area contributed by atoms with Gasteiger partial charge in [-0.05, 0) is 23.8 Å². The molecule has 5 heteroatoms. The molecule has 1 rings (SSSR count). The quantitative estimate of drug-likeness (QED) is 0.753. The lowest BCUT2D eigenvalue weighted by Crippen LogP contribution is -2.17. The highest BCUT2D eigenvalue weighted by Gasteiger charge is 2.10. The molecule has 0 aliphatic carbocycles. The van der Waals surface area contributed by atoms with E-state index in [0.29, 0.717) is 5.56 Å². The summed E-state index contributed by atoms with van der Waals surface area (Å²) in [6.45, 7) is -0.623. The molecule has 0 saturated carbocycles. The van der Waals surface area contributed by atoms with Crippen LogP contribution >= 0.6 is 0 Å². The topological polar surface area (TPSA) is 86.2 Å². The second kappa shape index (κ2) is 4.54. The Labute approximate surface area is 86.1 Å². The van der Waals surface area contributed by atoms with Crippen LogP contribution in [0.3, 0.4) is 0 Å². The van der Waals surface area contributed by atoms with E-state index in [-0.39, 0.29) is 17.5 Å². The number of carbonyl (C=O) groups is 2. The first-order valence-electron chi connectivity index (χ1n) is 4.34. The van der Waals surface area contributed by atoms with Gasteiger partial charge in [0.15, 0.2) is 0 Å². The van der Waals surface area contributed by atoms with Gasteiger partial charge >= 0.3 is 0 Å². The Morgan fingerprint density at radius 1 is 1.20 bits per heavy atom. The van der Waals surface area contributed by atoms with E-state index in [1.54, 1.807) is 0 Å². The summed E-state index contributed by atoms with van der Waals surface area (Å²) in [6.07, 6.45) is 0.0411. The molecule has 0 aliphatic rings. The van der Waals surface area contributed by atoms with Crippen LogP contribution in [-0.4, -0.2) is 18.5 Å². The predicted molar refractivity (Wildman–Crippen MR) is 53.2 cm³/mol. The summed E-state index contributed by atoms with van der Waals surface area (Å²) in [7, 11) is 0. The van der Waals surface area contributed by atoms with Gasteiger partial charge in [0.2, 0.25) is 11.8 Å². The van der Waals surface area contributed by atoms with Gasteiger partial charge in [0.25, 0.3) is 0 Å². The van der Waals surface area contributed by atoms with E-state index < -0.39 is 18.5 Å². The second-order valence-electron chi connectivity index (χ2n) is 3.04. The fourth-order valence-electron chi connectivity index (χ4n) is 1.30. The van der Waals surface area contributed by atoms with Crippen molar-refractivity contribution in [2.45, 2.75) is 6.42 Å². The van der Waals surface area contributed by atoms with Crippen LogP contribution < -0.4 is 11.5 Å². The molecular formula is C10H11FN2O2. The summed E-state index contributed by atoms with van der Waals surface area (Å²) in [5, 5.41) is 0. The molecule has 2 amide bonds. The highest BCUT2D eigenvalue weighted by Crippen LogP contribution is 2.12. The number of alkyl halides is 1. The maximum atomic E-state index is 12.2. The number of halogens is 1. The average molecular weight is 210 g/mol. The monoisotopic (exact) mass is 210 g/mol. The highest BCUT2D eigenvalue weighted by molar-refractivity contribution is 5.97. The number of hydrogen-bond acceptors (Lipinski definition) is 2. The van der Waals surface area contributed by atoms with E-state index in [2.05, 4.69) is 0 Å². The highest BCUT2D eigenvalue weighted by atomic mass is 19.1. The van der Waals surface area contributed by atoms with Crippen molar-refractivity contribution in [3.8, 4) is 0 Å². The van der Waals surface area contributed by atoms with Gasteiger partial charge in [-0.3, -0.25) is 14.0 Å². The fraction of sp³-hybridized carbons (Fsp3) is 0.200. The molecule has 0 fully saturated rings. The third-order valence-corrected chi connectivity index (χ3v) is 2.02. The number of amides is 2. The molecule has 4 nitrogen and oxygen atoms in total. The second-order valence-corrected chi connectivity index (χ2v) is 3.04. The molecule has 0 aromatic heterocycles. The summed E-state index contributed by atoms with van der Waals surface area (Å²) in [6, 6.07) is 4.17. The van der Waals surface area contributed by atoms with Crippen LogP contribution in [0.5, 0.6) is 0 Å². The molecule has 15 heavy (non-hydrogen) atoms. The molecule has 0 heterocycles. The van der Waals surface area contributed by atoms with E-state index in [0.717, 1.165) is 0 Å². The summed E-state index contributed by atoms with van der Waals surface area (Å²) in [5.74, 6) is -1.26. The number of hydrogen-bond donors (Lipinski definition) is 2. The maximum Gasteiger partial charge on any atom is 0.248 e. The number of nitrogens with two attached hydrogens (primary N) is 2. The summed E-state index contributed by atoms with van der Waals surface area (Å²) < 4.78 is 12.2. The Bertz CT molecular complexity index is 404. The van der Waals surface area contributed by atoms with Crippen molar-refractivity contribution in [3.05, 3.63) is 34.9 Å². The zero-order valence-corrected chi connectivity index (χ0v) is 8.00. The van der Waals surface area contributed by atoms with Crippen molar-refractivity contribution in [3.63, 3.8) is 0 Å². The molecular weight excluding hydrogens is 199 g/mol. The predicted octanol–water partition coefficient (Wildman–Crippen LogP) is 0.396. The Balaban J connectivity index is 3.20. The van der Waals surface area contributed by atoms with E-state index >= 15 is 0 Å². The summed E-state index contributed by atoms with van der Waals surface area (Å²) >= 11 is 0. The van der Waals surface area contributed by atoms with Crippen LogP contribution in [0.2, 0.25) is 0 Å². The minimum atomic E-state index is -0.644. The standard InChI is InChI=1S/C10H11FN2O2/c11-4-3-6-5-7(9(12)14)1-2-8(6)10(13)15/h1-2,5H,3-4H2,(H2,12,14)(H2,13,15). The van der Waals surface area contributed by atoms with Crippen molar-refractivity contribution in [2.24, 2.45) is 11.5 Å². The van der Waals surface area contributed by atoms with Crippen molar-refractivity contribution in [1.82, 2.24) is 0 Å². The van der Waals surface area contributed by atoms with Gasteiger partial charge in [-0.1, -0.05) is 0 Å². The average Bonchev–Trinajstić information content (AvgIpc) is 2.17. The minimum absolute atomic E-state index is 0.0411. The summed E-state index contributed by atoms with van der Waals surface area (Å²) in [4.78, 5) is 21.8. The van der Waals surface area contributed by atoms with Gasteiger partial charge in [-0.2, -0.15) is 0 Å². The Morgan fingerprint density at radius 2 is 1.87 bits per heavy atom. The lowest BCUT2D eigenvalue weighted by atomic mass is 10.0. The van der Waals surface area contributed by atoms with E-state index in [1.807, 2.05) is 0 Å². The molecule has 0 saturated heterocycles. The van der Waals surface area contributed by atoms with Gasteiger partial charge in [-0.25, -0.2) is 0 Å². The van der Waals surface area contributed by atoms with Crippen molar-refractivity contribution < 1.29 is 14.0 Å². The number of primary amides is 2. The molecule has 80 valence electrons. The first-order valence-corrected chi connectivity index (χ1v) is 4.34. The van der Waals surface area contributed by atoms with Crippen LogP contribution in [0.1, 0.15) is 26.3 Å². The molecule has 0 bridgehead atoms. The van der Waals surface area contributed by atoms with Crippen LogP contribution in [0.15, 0.2) is 18.2 Å². The number of aryl methyl sites for hydroxylation is 1. The van der Waals surface area contributed by atoms with Crippen molar-refractivity contribution in [1.29, 1.82) is 0 Å². The third-order valence-electron chi connectivity index (χ3n) is 2.02. The molecule has 4 N–H and O–H groups in total. The molecule has 0 aliphatic heterocycles. The van der Waals surface area contributed by atoms with Crippen molar-refractivity contribution in [2.75, 3.05) is 6.67 Å². The SMILES string of the molecule is NC(=O)c1ccc(C(N)=O)c(CCF)c1.